The first-order valence-electron chi connectivity index (χ1n) is 8.05. The molecule has 0 spiro atoms. The van der Waals surface area contributed by atoms with Crippen molar-refractivity contribution in [1.82, 2.24) is 4.90 Å². The SMILES string of the molecule is COc1ccc(C(=O)OCC(=O)N(C(C)C)C(C)C)c(OC)c1OC. The number of esters is 1. The second-order valence-corrected chi connectivity index (χ2v) is 5.95. The second-order valence-electron chi connectivity index (χ2n) is 5.95. The van der Waals surface area contributed by atoms with Crippen molar-refractivity contribution >= 4 is 11.9 Å². The molecule has 0 fully saturated rings. The highest BCUT2D eigenvalue weighted by Gasteiger charge is 2.25. The van der Waals surface area contributed by atoms with Gasteiger partial charge in [0.2, 0.25) is 5.75 Å². The zero-order valence-electron chi connectivity index (χ0n) is 15.9. The maximum Gasteiger partial charge on any atom is 0.342 e. The summed E-state index contributed by atoms with van der Waals surface area (Å²) in [5.74, 6) is -0.00480. The van der Waals surface area contributed by atoms with Gasteiger partial charge in [0, 0.05) is 12.1 Å². The van der Waals surface area contributed by atoms with Crippen LogP contribution in [0.2, 0.25) is 0 Å². The van der Waals surface area contributed by atoms with E-state index in [2.05, 4.69) is 0 Å². The number of methoxy groups -OCH3 is 3. The zero-order chi connectivity index (χ0) is 19.1. The number of hydrogen-bond acceptors (Lipinski definition) is 6. The molecule has 0 aromatic heterocycles. The molecule has 0 saturated heterocycles. The third-order valence-corrected chi connectivity index (χ3v) is 3.65. The lowest BCUT2D eigenvalue weighted by Crippen LogP contribution is -2.44. The van der Waals surface area contributed by atoms with E-state index < -0.39 is 5.97 Å². The minimum absolute atomic E-state index is 0.0156. The van der Waals surface area contributed by atoms with Crippen LogP contribution in [0.25, 0.3) is 0 Å². The van der Waals surface area contributed by atoms with E-state index in [9.17, 15) is 9.59 Å². The Labute approximate surface area is 148 Å². The van der Waals surface area contributed by atoms with Crippen molar-refractivity contribution in [2.24, 2.45) is 0 Å². The third-order valence-electron chi connectivity index (χ3n) is 3.65. The van der Waals surface area contributed by atoms with Crippen molar-refractivity contribution in [1.29, 1.82) is 0 Å². The van der Waals surface area contributed by atoms with E-state index in [1.165, 1.54) is 27.4 Å². The molecule has 0 heterocycles. The summed E-state index contributed by atoms with van der Waals surface area (Å²) in [7, 11) is 4.35. The van der Waals surface area contributed by atoms with E-state index in [0.717, 1.165) is 0 Å². The predicted octanol–water partition coefficient (Wildman–Crippen LogP) is 2.51. The Morgan fingerprint density at radius 2 is 1.48 bits per heavy atom. The Hall–Kier alpha value is -2.44. The van der Waals surface area contributed by atoms with E-state index >= 15 is 0 Å². The van der Waals surface area contributed by atoms with Crippen LogP contribution in [0.3, 0.4) is 0 Å². The van der Waals surface area contributed by atoms with Crippen LogP contribution in [0.15, 0.2) is 12.1 Å². The average Bonchev–Trinajstić information content (AvgIpc) is 2.57. The first-order chi connectivity index (χ1) is 11.8. The van der Waals surface area contributed by atoms with Crippen LogP contribution in [0.4, 0.5) is 0 Å². The molecule has 0 unspecified atom stereocenters. The molecule has 0 atom stereocenters. The molecule has 0 N–H and O–H groups in total. The summed E-state index contributed by atoms with van der Waals surface area (Å²) in [6.45, 7) is 7.31. The first-order valence-corrected chi connectivity index (χ1v) is 8.05. The molecule has 7 nitrogen and oxygen atoms in total. The van der Waals surface area contributed by atoms with Gasteiger partial charge in [0.25, 0.3) is 5.91 Å². The van der Waals surface area contributed by atoms with Crippen LogP contribution < -0.4 is 14.2 Å². The molecule has 140 valence electrons. The minimum atomic E-state index is -0.668. The van der Waals surface area contributed by atoms with E-state index in [1.807, 2.05) is 27.7 Å². The number of rotatable bonds is 8. The number of carbonyl (C=O) groups excluding carboxylic acids is 2. The van der Waals surface area contributed by atoms with Crippen molar-refractivity contribution in [3.63, 3.8) is 0 Å². The molecule has 0 aliphatic carbocycles. The fourth-order valence-electron chi connectivity index (χ4n) is 2.71. The monoisotopic (exact) mass is 353 g/mol. The summed E-state index contributed by atoms with van der Waals surface area (Å²) in [6, 6.07) is 3.12. The standard InChI is InChI=1S/C18H27NO6/c1-11(2)19(12(3)4)15(20)10-25-18(21)13-8-9-14(22-5)17(24-7)16(13)23-6/h8-9,11-12H,10H2,1-7H3. The van der Waals surface area contributed by atoms with Gasteiger partial charge in [-0.3, -0.25) is 4.79 Å². The van der Waals surface area contributed by atoms with E-state index in [1.54, 1.807) is 11.0 Å². The molecule has 1 rings (SSSR count). The number of benzene rings is 1. The Balaban J connectivity index is 2.96. The number of ether oxygens (including phenoxy) is 4. The molecule has 0 aliphatic heterocycles. The number of carbonyl (C=O) groups is 2. The fraction of sp³-hybridized carbons (Fsp3) is 0.556. The van der Waals surface area contributed by atoms with E-state index in [0.29, 0.717) is 5.75 Å². The molecule has 7 heteroatoms. The normalized spacial score (nSPS) is 10.6. The predicted molar refractivity (Wildman–Crippen MR) is 93.5 cm³/mol. The molecule has 1 aromatic carbocycles. The van der Waals surface area contributed by atoms with Crippen molar-refractivity contribution in [3.8, 4) is 17.2 Å². The Morgan fingerprint density at radius 3 is 1.92 bits per heavy atom. The molecule has 0 radical (unpaired) electrons. The molecular weight excluding hydrogens is 326 g/mol. The van der Waals surface area contributed by atoms with Gasteiger partial charge in [-0.15, -0.1) is 0 Å². The summed E-state index contributed by atoms with van der Waals surface area (Å²) in [6.07, 6.45) is 0. The number of amides is 1. The minimum Gasteiger partial charge on any atom is -0.493 e. The summed E-state index contributed by atoms with van der Waals surface area (Å²) >= 11 is 0. The van der Waals surface area contributed by atoms with Gasteiger partial charge in [0.15, 0.2) is 18.1 Å². The van der Waals surface area contributed by atoms with Gasteiger partial charge < -0.3 is 23.8 Å². The summed E-state index contributed by atoms with van der Waals surface area (Å²) in [4.78, 5) is 26.4. The number of hydrogen-bond donors (Lipinski definition) is 0. The Bertz CT molecular complexity index is 604. The van der Waals surface area contributed by atoms with Crippen molar-refractivity contribution in [2.75, 3.05) is 27.9 Å². The van der Waals surface area contributed by atoms with Crippen LogP contribution in [-0.4, -0.2) is 56.8 Å². The highest BCUT2D eigenvalue weighted by Crippen LogP contribution is 2.39. The highest BCUT2D eigenvalue weighted by molar-refractivity contribution is 5.95. The molecule has 0 aliphatic rings. The zero-order valence-corrected chi connectivity index (χ0v) is 15.9. The first kappa shape index (κ1) is 20.6. The summed E-state index contributed by atoms with van der Waals surface area (Å²) in [5, 5.41) is 0. The lowest BCUT2D eigenvalue weighted by molar-refractivity contribution is -0.138. The molecule has 25 heavy (non-hydrogen) atoms. The van der Waals surface area contributed by atoms with Gasteiger partial charge in [-0.25, -0.2) is 4.79 Å². The van der Waals surface area contributed by atoms with E-state index in [-0.39, 0.29) is 41.7 Å². The summed E-state index contributed by atoms with van der Waals surface area (Å²) < 4.78 is 20.9. The van der Waals surface area contributed by atoms with Gasteiger partial charge in [0.05, 0.1) is 21.3 Å². The molecule has 1 amide bonds. The lowest BCUT2D eigenvalue weighted by Gasteiger charge is -2.30. The largest absolute Gasteiger partial charge is 0.493 e. The third kappa shape index (κ3) is 4.78. The van der Waals surface area contributed by atoms with Gasteiger partial charge in [-0.1, -0.05) is 0 Å². The molecular formula is C18H27NO6. The maximum absolute atomic E-state index is 12.4. The topological polar surface area (TPSA) is 74.3 Å². The Morgan fingerprint density at radius 1 is 0.920 bits per heavy atom. The van der Waals surface area contributed by atoms with Crippen LogP contribution >= 0.6 is 0 Å². The maximum atomic E-state index is 12.4. The van der Waals surface area contributed by atoms with Gasteiger partial charge in [0.1, 0.15) is 5.56 Å². The van der Waals surface area contributed by atoms with Crippen LogP contribution in [0.5, 0.6) is 17.2 Å². The smallest absolute Gasteiger partial charge is 0.342 e. The van der Waals surface area contributed by atoms with Crippen molar-refractivity contribution < 1.29 is 28.5 Å². The van der Waals surface area contributed by atoms with Gasteiger partial charge in [-0.05, 0) is 39.8 Å². The van der Waals surface area contributed by atoms with E-state index in [4.69, 9.17) is 18.9 Å². The highest BCUT2D eigenvalue weighted by atomic mass is 16.5. The second kappa shape index (κ2) is 9.15. The lowest BCUT2D eigenvalue weighted by atomic mass is 10.1. The summed E-state index contributed by atoms with van der Waals surface area (Å²) in [5.41, 5.74) is 0.161. The van der Waals surface area contributed by atoms with Crippen molar-refractivity contribution in [2.45, 2.75) is 39.8 Å². The van der Waals surface area contributed by atoms with Gasteiger partial charge >= 0.3 is 5.97 Å². The van der Waals surface area contributed by atoms with Crippen LogP contribution in [-0.2, 0) is 9.53 Å². The van der Waals surface area contributed by atoms with Crippen LogP contribution in [0.1, 0.15) is 38.1 Å². The quantitative estimate of drug-likeness (QED) is 0.669. The molecule has 1 aromatic rings. The number of nitrogens with zero attached hydrogens (tertiary/aromatic N) is 1. The Kier molecular flexibility index (Phi) is 7.54. The van der Waals surface area contributed by atoms with Gasteiger partial charge in [-0.2, -0.15) is 0 Å². The fourth-order valence-corrected chi connectivity index (χ4v) is 2.71. The van der Waals surface area contributed by atoms with Crippen LogP contribution in [0, 0.1) is 0 Å². The van der Waals surface area contributed by atoms with Crippen molar-refractivity contribution in [3.05, 3.63) is 17.7 Å². The average molecular weight is 353 g/mol. The molecule has 0 saturated carbocycles. The molecule has 0 bridgehead atoms.